The molecule has 0 saturated carbocycles. The van der Waals surface area contributed by atoms with Crippen LogP contribution in [0.15, 0.2) is 16.1 Å². The molecule has 0 aromatic heterocycles. The predicted octanol–water partition coefficient (Wildman–Crippen LogP) is 1.94. The number of thioether (sulfide) groups is 1. The maximum absolute atomic E-state index is 11.0. The Labute approximate surface area is 75.8 Å². The monoisotopic (exact) mass is 185 g/mol. The molecule has 1 aliphatic heterocycles. The highest BCUT2D eigenvalue weighted by Crippen LogP contribution is 2.18. The van der Waals surface area contributed by atoms with E-state index in [1.165, 1.54) is 0 Å². The number of rotatable bonds is 2. The molecule has 1 rings (SSSR count). The quantitative estimate of drug-likeness (QED) is 0.487. The Morgan fingerprint density at radius 2 is 2.25 bits per heavy atom. The van der Waals surface area contributed by atoms with Gasteiger partial charge in [0.1, 0.15) is 0 Å². The van der Waals surface area contributed by atoms with Crippen LogP contribution in [-0.4, -0.2) is 16.9 Å². The minimum absolute atomic E-state index is 0.347. The minimum atomic E-state index is -0.347. The first-order chi connectivity index (χ1) is 5.61. The van der Waals surface area contributed by atoms with Crippen molar-refractivity contribution >= 4 is 23.4 Å². The zero-order valence-electron chi connectivity index (χ0n) is 7.33. The third kappa shape index (κ3) is 2.11. The van der Waals surface area contributed by atoms with Gasteiger partial charge in [0.25, 0.3) is 0 Å². The van der Waals surface area contributed by atoms with Crippen LogP contribution in [0.5, 0.6) is 0 Å². The maximum atomic E-state index is 11.0. The molecule has 0 fully saturated rings. The molecule has 0 unspecified atom stereocenters. The summed E-state index contributed by atoms with van der Waals surface area (Å²) in [6, 6.07) is 0. The van der Waals surface area contributed by atoms with E-state index in [0.29, 0.717) is 16.5 Å². The Hall–Kier alpha value is -0.770. The van der Waals surface area contributed by atoms with Gasteiger partial charge in [-0.15, -0.1) is 11.8 Å². The summed E-state index contributed by atoms with van der Waals surface area (Å²) >= 11 is 1.59. The van der Waals surface area contributed by atoms with Crippen molar-refractivity contribution in [2.24, 2.45) is 5.16 Å². The molecule has 66 valence electrons. The fraction of sp³-hybridized carbons (Fsp3) is 0.500. The summed E-state index contributed by atoms with van der Waals surface area (Å²) in [6.07, 6.45) is 0. The molecule has 0 saturated heterocycles. The van der Waals surface area contributed by atoms with Crippen molar-refractivity contribution in [1.29, 1.82) is 0 Å². The maximum Gasteiger partial charge on any atom is 0.368 e. The number of nitrogens with zero attached hydrogens (tertiary/aromatic N) is 1. The van der Waals surface area contributed by atoms with Crippen molar-refractivity contribution in [3.63, 3.8) is 0 Å². The van der Waals surface area contributed by atoms with Crippen LogP contribution in [0.25, 0.3) is 0 Å². The van der Waals surface area contributed by atoms with Crippen LogP contribution in [0, 0.1) is 0 Å². The molecule has 0 bridgehead atoms. The summed E-state index contributed by atoms with van der Waals surface area (Å²) in [5.41, 5.74) is 1.24. The van der Waals surface area contributed by atoms with Gasteiger partial charge in [-0.05, 0) is 12.3 Å². The van der Waals surface area contributed by atoms with Gasteiger partial charge in [-0.3, -0.25) is 0 Å². The van der Waals surface area contributed by atoms with Crippen LogP contribution < -0.4 is 0 Å². The van der Waals surface area contributed by atoms with Crippen molar-refractivity contribution in [1.82, 2.24) is 0 Å². The van der Waals surface area contributed by atoms with Crippen LogP contribution in [0.1, 0.15) is 20.8 Å². The SMILES string of the molecule is CC1=NOC(=O)C1=CSC(C)C. The number of oxime groups is 1. The normalized spacial score (nSPS) is 20.2. The standard InChI is InChI=1S/C8H11NO2S/c1-5(2)12-4-7-6(3)9-11-8(7)10/h4-5H,1-3H3. The zero-order chi connectivity index (χ0) is 9.14. The van der Waals surface area contributed by atoms with Crippen LogP contribution >= 0.6 is 11.8 Å². The molecule has 1 aliphatic rings. The van der Waals surface area contributed by atoms with Crippen molar-refractivity contribution in [3.05, 3.63) is 11.0 Å². The first-order valence-electron chi connectivity index (χ1n) is 3.73. The molecule has 0 radical (unpaired) electrons. The average Bonchev–Trinajstić information content (AvgIpc) is 2.28. The first kappa shape index (κ1) is 9.32. The second kappa shape index (κ2) is 3.76. The van der Waals surface area contributed by atoms with Crippen molar-refractivity contribution in [3.8, 4) is 0 Å². The third-order valence-corrected chi connectivity index (χ3v) is 2.25. The van der Waals surface area contributed by atoms with Gasteiger partial charge < -0.3 is 4.84 Å². The van der Waals surface area contributed by atoms with Crippen molar-refractivity contribution in [2.45, 2.75) is 26.0 Å². The fourth-order valence-electron chi connectivity index (χ4n) is 0.693. The van der Waals surface area contributed by atoms with Crippen LogP contribution in [0.2, 0.25) is 0 Å². The summed E-state index contributed by atoms with van der Waals surface area (Å²) in [5, 5.41) is 5.84. The van der Waals surface area contributed by atoms with Crippen LogP contribution in [-0.2, 0) is 9.63 Å². The van der Waals surface area contributed by atoms with Gasteiger partial charge in [0.2, 0.25) is 0 Å². The molecule has 0 atom stereocenters. The third-order valence-electron chi connectivity index (χ3n) is 1.33. The number of hydrogen-bond donors (Lipinski definition) is 0. The van der Waals surface area contributed by atoms with Crippen LogP contribution in [0.4, 0.5) is 0 Å². The molecule has 4 heteroatoms. The first-order valence-corrected chi connectivity index (χ1v) is 4.67. The van der Waals surface area contributed by atoms with Gasteiger partial charge in [0.15, 0.2) is 0 Å². The summed E-state index contributed by atoms with van der Waals surface area (Å²) in [7, 11) is 0. The molecule has 0 N–H and O–H groups in total. The Morgan fingerprint density at radius 3 is 2.67 bits per heavy atom. The number of hydrogen-bond acceptors (Lipinski definition) is 4. The van der Waals surface area contributed by atoms with E-state index < -0.39 is 0 Å². The van der Waals surface area contributed by atoms with Gasteiger partial charge in [0.05, 0.1) is 11.3 Å². The lowest BCUT2D eigenvalue weighted by molar-refractivity contribution is -0.136. The van der Waals surface area contributed by atoms with Gasteiger partial charge in [0, 0.05) is 5.25 Å². The molecular weight excluding hydrogens is 174 g/mol. The predicted molar refractivity (Wildman–Crippen MR) is 50.0 cm³/mol. The minimum Gasteiger partial charge on any atom is -0.312 e. The highest BCUT2D eigenvalue weighted by atomic mass is 32.2. The Morgan fingerprint density at radius 1 is 1.58 bits per heavy atom. The van der Waals surface area contributed by atoms with Gasteiger partial charge in [-0.25, -0.2) is 4.79 Å². The van der Waals surface area contributed by atoms with E-state index >= 15 is 0 Å². The summed E-state index contributed by atoms with van der Waals surface area (Å²) < 4.78 is 0. The average molecular weight is 185 g/mol. The molecule has 0 aromatic rings. The molecule has 12 heavy (non-hydrogen) atoms. The molecule has 0 aliphatic carbocycles. The lowest BCUT2D eigenvalue weighted by Gasteiger charge is -1.97. The molecule has 3 nitrogen and oxygen atoms in total. The van der Waals surface area contributed by atoms with Gasteiger partial charge in [-0.1, -0.05) is 19.0 Å². The second-order valence-electron chi connectivity index (χ2n) is 2.77. The molecular formula is C8H11NO2S. The van der Waals surface area contributed by atoms with Gasteiger partial charge in [-0.2, -0.15) is 0 Å². The summed E-state index contributed by atoms with van der Waals surface area (Å²) in [5.74, 6) is -0.347. The molecule has 0 aromatic carbocycles. The van der Waals surface area contributed by atoms with E-state index in [1.807, 2.05) is 0 Å². The smallest absolute Gasteiger partial charge is 0.312 e. The van der Waals surface area contributed by atoms with Crippen molar-refractivity contribution < 1.29 is 9.63 Å². The van der Waals surface area contributed by atoms with E-state index in [9.17, 15) is 4.79 Å². The highest BCUT2D eigenvalue weighted by molar-refractivity contribution is 8.02. The van der Waals surface area contributed by atoms with E-state index in [2.05, 4.69) is 23.8 Å². The largest absolute Gasteiger partial charge is 0.368 e. The Bertz CT molecular complexity index is 256. The fourth-order valence-corrected chi connectivity index (χ4v) is 1.37. The molecule has 0 amide bonds. The van der Waals surface area contributed by atoms with E-state index in [4.69, 9.17) is 0 Å². The van der Waals surface area contributed by atoms with Crippen molar-refractivity contribution in [2.75, 3.05) is 0 Å². The molecule has 1 heterocycles. The van der Waals surface area contributed by atoms with Gasteiger partial charge >= 0.3 is 5.97 Å². The Balaban J connectivity index is 2.67. The highest BCUT2D eigenvalue weighted by Gasteiger charge is 2.21. The molecule has 0 spiro atoms. The second-order valence-corrected chi connectivity index (χ2v) is 4.22. The summed E-state index contributed by atoms with van der Waals surface area (Å²) in [4.78, 5) is 15.5. The lowest BCUT2D eigenvalue weighted by Crippen LogP contribution is -2.01. The summed E-state index contributed by atoms with van der Waals surface area (Å²) in [6.45, 7) is 5.89. The van der Waals surface area contributed by atoms with E-state index in [-0.39, 0.29) is 5.97 Å². The van der Waals surface area contributed by atoms with Crippen LogP contribution in [0.3, 0.4) is 0 Å². The Kier molecular flexibility index (Phi) is 2.92. The zero-order valence-corrected chi connectivity index (χ0v) is 8.14. The topological polar surface area (TPSA) is 38.7 Å². The lowest BCUT2D eigenvalue weighted by atomic mass is 10.2. The van der Waals surface area contributed by atoms with E-state index in [1.54, 1.807) is 24.1 Å². The number of carbonyl (C=O) groups excluding carboxylic acids is 1. The van der Waals surface area contributed by atoms with E-state index in [0.717, 1.165) is 0 Å². The number of carbonyl (C=O) groups is 1.